The van der Waals surface area contributed by atoms with Crippen molar-refractivity contribution in [3.8, 4) is 44.5 Å². The SMILES string of the molecule is C[Si](C)=[Zr+2].Cc1ccc(-c2ccc(-c3ccc(C)cc3)c3[cH-]c(C(C)(C)C)cc23)cc1.Cc1ccc(-c2ccc(-c3ccc(C)cc3)c3[cH-]c(C(C)(C)C)cc23)cc1.[Cl-].[Cl-]. The maximum absolute atomic E-state index is 2.39. The maximum atomic E-state index is 2.39. The molecule has 4 heteroatoms. The molecule has 0 saturated heterocycles. The van der Waals surface area contributed by atoms with Gasteiger partial charge in [0.2, 0.25) is 0 Å². The van der Waals surface area contributed by atoms with Crippen LogP contribution in [-0.2, 0) is 34.2 Å². The van der Waals surface area contributed by atoms with Crippen molar-refractivity contribution in [1.82, 2.24) is 0 Å². The van der Waals surface area contributed by atoms with Gasteiger partial charge in [0, 0.05) is 0 Å². The first-order valence-electron chi connectivity index (χ1n) is 20.7. The smallest absolute Gasteiger partial charge is 0.0279 e. The molecule has 60 heavy (non-hydrogen) atoms. The first-order chi connectivity index (χ1) is 27.4. The molecule has 0 saturated carbocycles. The molecular formula is C56H60Cl2SiZr-2. The summed E-state index contributed by atoms with van der Waals surface area (Å²) in [5, 5.41) is 5.40. The number of fused-ring (bicyclic) bond motifs is 2. The van der Waals surface area contributed by atoms with Crippen LogP contribution in [0.2, 0.25) is 13.1 Å². The summed E-state index contributed by atoms with van der Waals surface area (Å²) in [7, 11) is 0. The monoisotopic (exact) mass is 920 g/mol. The van der Waals surface area contributed by atoms with E-state index in [1.54, 1.807) is 23.3 Å². The van der Waals surface area contributed by atoms with Gasteiger partial charge in [-0.15, -0.1) is 44.8 Å². The van der Waals surface area contributed by atoms with Crippen molar-refractivity contribution in [3.63, 3.8) is 0 Å². The first kappa shape index (κ1) is 48.9. The molecule has 0 nitrogen and oxygen atoms in total. The minimum atomic E-state index is 0. The number of halogens is 2. The summed E-state index contributed by atoms with van der Waals surface area (Å²) in [5.41, 5.74) is 18.8. The van der Waals surface area contributed by atoms with E-state index >= 15 is 0 Å². The Morgan fingerprint density at radius 3 is 0.833 bits per heavy atom. The van der Waals surface area contributed by atoms with Crippen molar-refractivity contribution < 1.29 is 48.1 Å². The molecule has 0 bridgehead atoms. The molecular weight excluding hydrogens is 863 g/mol. The standard InChI is InChI=1S/2C27H27.C2H6Si.2ClH.Zr/c2*1-18-6-10-20(11-7-18)23-14-15-24(21-12-8-19(2)9-13-21)26-17-22(16-25(23)26)27(3,4)5;1-3-2;;;/h2*6-17H,1-5H3;1-2H3;2*1H;/q2*-1;;;;+2/p-2. The number of aryl methyl sites for hydroxylation is 4. The van der Waals surface area contributed by atoms with Crippen molar-refractivity contribution in [2.75, 3.05) is 0 Å². The van der Waals surface area contributed by atoms with Gasteiger partial charge in [0.15, 0.2) is 0 Å². The van der Waals surface area contributed by atoms with Crippen LogP contribution in [0.4, 0.5) is 0 Å². The average Bonchev–Trinajstić information content (AvgIpc) is 3.83. The molecule has 0 aliphatic carbocycles. The van der Waals surface area contributed by atoms with Crippen LogP contribution in [0, 0.1) is 27.7 Å². The van der Waals surface area contributed by atoms with Crippen molar-refractivity contribution in [2.45, 2.75) is 93.2 Å². The number of rotatable bonds is 4. The minimum absolute atomic E-state index is 0. The quantitative estimate of drug-likeness (QED) is 0.122. The molecule has 0 aliphatic heterocycles. The van der Waals surface area contributed by atoms with Crippen molar-refractivity contribution in [2.24, 2.45) is 0 Å². The third-order valence-corrected chi connectivity index (χ3v) is 11.0. The summed E-state index contributed by atoms with van der Waals surface area (Å²) in [5.74, 6) is 0. The topological polar surface area (TPSA) is 0 Å². The van der Waals surface area contributed by atoms with E-state index in [2.05, 4.69) is 228 Å². The zero-order valence-corrected chi connectivity index (χ0v) is 42.6. The van der Waals surface area contributed by atoms with Gasteiger partial charge in [0.25, 0.3) is 0 Å². The van der Waals surface area contributed by atoms with Crippen LogP contribution in [0.25, 0.3) is 66.1 Å². The summed E-state index contributed by atoms with van der Waals surface area (Å²) in [6, 6.07) is 54.2. The molecule has 0 radical (unpaired) electrons. The first-order valence-corrected chi connectivity index (χ1v) is 26.9. The van der Waals surface area contributed by atoms with E-state index in [4.69, 9.17) is 0 Å². The van der Waals surface area contributed by atoms with E-state index in [0.717, 1.165) is 0 Å². The van der Waals surface area contributed by atoms with E-state index in [1.165, 1.54) is 99.4 Å². The van der Waals surface area contributed by atoms with Gasteiger partial charge in [-0.1, -0.05) is 219 Å². The van der Waals surface area contributed by atoms with Crippen LogP contribution < -0.4 is 24.8 Å². The van der Waals surface area contributed by atoms with Crippen LogP contribution in [0.15, 0.2) is 146 Å². The third kappa shape index (κ3) is 11.8. The maximum Gasteiger partial charge on any atom is -0.0279 e. The van der Waals surface area contributed by atoms with Gasteiger partial charge in [0.1, 0.15) is 0 Å². The predicted molar refractivity (Wildman–Crippen MR) is 255 cm³/mol. The third-order valence-electron chi connectivity index (χ3n) is 11.0. The van der Waals surface area contributed by atoms with Crippen LogP contribution in [-0.4, -0.2) is 5.43 Å². The largest absolute Gasteiger partial charge is 1.00 e. The van der Waals surface area contributed by atoms with E-state index in [0.29, 0.717) is 0 Å². The summed E-state index contributed by atoms with van der Waals surface area (Å²) >= 11 is 1.74. The number of hydrogen-bond acceptors (Lipinski definition) is 0. The van der Waals surface area contributed by atoms with Crippen LogP contribution in [0.5, 0.6) is 0 Å². The normalized spacial score (nSPS) is 11.2. The van der Waals surface area contributed by atoms with E-state index in [-0.39, 0.29) is 41.1 Å². The van der Waals surface area contributed by atoms with Crippen LogP contribution >= 0.6 is 0 Å². The van der Waals surface area contributed by atoms with Gasteiger partial charge in [0.05, 0.1) is 0 Å². The van der Waals surface area contributed by atoms with E-state index in [9.17, 15) is 0 Å². The molecule has 0 amide bonds. The van der Waals surface area contributed by atoms with Gasteiger partial charge in [-0.2, -0.15) is 12.1 Å². The second kappa shape index (κ2) is 20.4. The zero-order valence-electron chi connectivity index (χ0n) is 37.6. The fraction of sp³-hybridized carbons (Fsp3) is 0.250. The van der Waals surface area contributed by atoms with Gasteiger partial charge in [-0.3, -0.25) is 0 Å². The Bertz CT molecular complexity index is 2310. The Kier molecular flexibility index (Phi) is 16.6. The van der Waals surface area contributed by atoms with Crippen molar-refractivity contribution in [3.05, 3.63) is 179 Å². The van der Waals surface area contributed by atoms with Gasteiger partial charge in [-0.05, 0) is 49.7 Å². The second-order valence-electron chi connectivity index (χ2n) is 18.4. The van der Waals surface area contributed by atoms with Crippen LogP contribution in [0.3, 0.4) is 0 Å². The summed E-state index contributed by atoms with van der Waals surface area (Å²) in [6.07, 6.45) is 0. The molecule has 0 fully saturated rings. The average molecular weight is 923 g/mol. The fourth-order valence-corrected chi connectivity index (χ4v) is 7.41. The summed E-state index contributed by atoms with van der Waals surface area (Å²) in [4.78, 5) is 0. The molecule has 0 spiro atoms. The molecule has 0 heterocycles. The van der Waals surface area contributed by atoms with Gasteiger partial charge < -0.3 is 24.8 Å². The molecule has 0 aliphatic rings. The fourth-order valence-electron chi connectivity index (χ4n) is 7.41. The Hall–Kier alpha value is -3.78. The predicted octanol–water partition coefficient (Wildman–Crippen LogP) is 10.4. The van der Waals surface area contributed by atoms with E-state index in [1.807, 2.05) is 0 Å². The Morgan fingerprint density at radius 2 is 0.600 bits per heavy atom. The Balaban J connectivity index is 0.000000236. The Morgan fingerprint density at radius 1 is 0.383 bits per heavy atom. The Labute approximate surface area is 388 Å². The molecule has 8 rings (SSSR count). The molecule has 8 aromatic carbocycles. The molecule has 8 aromatic rings. The minimum Gasteiger partial charge on any atom is -1.00 e. The molecule has 0 aromatic heterocycles. The number of hydrogen-bond donors (Lipinski definition) is 0. The van der Waals surface area contributed by atoms with Gasteiger partial charge in [-0.25, -0.2) is 0 Å². The van der Waals surface area contributed by atoms with Crippen molar-refractivity contribution in [1.29, 1.82) is 0 Å². The van der Waals surface area contributed by atoms with E-state index < -0.39 is 0 Å². The molecule has 0 unspecified atom stereocenters. The second-order valence-corrected chi connectivity index (χ2v) is 27.8. The summed E-state index contributed by atoms with van der Waals surface area (Å²) < 4.78 is 0. The van der Waals surface area contributed by atoms with Crippen LogP contribution in [0.1, 0.15) is 74.9 Å². The van der Waals surface area contributed by atoms with Crippen molar-refractivity contribution >= 4 is 27.0 Å². The zero-order chi connectivity index (χ0) is 41.9. The molecule has 308 valence electrons. The molecule has 0 atom stereocenters. The van der Waals surface area contributed by atoms with Gasteiger partial charge >= 0.3 is 41.9 Å². The number of benzene rings is 6. The summed E-state index contributed by atoms with van der Waals surface area (Å²) in [6.45, 7) is 26.9. The molecule has 0 N–H and O–H groups in total.